The number of benzene rings is 2. The smallest absolute Gasteiger partial charge is 0.156 e. The number of para-hydroxylation sites is 1. The van der Waals surface area contributed by atoms with Crippen molar-refractivity contribution in [1.29, 1.82) is 0 Å². The monoisotopic (exact) mass is 373 g/mol. The average molecular weight is 374 g/mol. The number of aromatic nitrogens is 2. The summed E-state index contributed by atoms with van der Waals surface area (Å²) in [5, 5.41) is 4.69. The average Bonchev–Trinajstić information content (AvgIpc) is 2.61. The maximum absolute atomic E-state index is 5.38. The molecule has 3 aromatic rings. The highest BCUT2D eigenvalue weighted by atomic mass is 32.1. The van der Waals surface area contributed by atoms with Gasteiger partial charge >= 0.3 is 0 Å². The molecular formula is C17H21N6S2+. The van der Waals surface area contributed by atoms with Gasteiger partial charge in [-0.3, -0.25) is 0 Å². The van der Waals surface area contributed by atoms with Gasteiger partial charge in [-0.05, 0) is 43.4 Å². The van der Waals surface area contributed by atoms with Gasteiger partial charge in [-0.1, -0.05) is 12.1 Å². The molecule has 6 nitrogen and oxygen atoms in total. The molecule has 0 saturated heterocycles. The summed E-state index contributed by atoms with van der Waals surface area (Å²) in [7, 11) is 3.45. The third kappa shape index (κ3) is 3.92. The maximum Gasteiger partial charge on any atom is 0.156 e. The predicted octanol–water partition coefficient (Wildman–Crippen LogP) is 2.70. The maximum atomic E-state index is 5.38. The van der Waals surface area contributed by atoms with Crippen molar-refractivity contribution < 1.29 is 5.53 Å². The first-order valence-electron chi connectivity index (χ1n) is 7.53. The molecule has 8 heteroatoms. The lowest BCUT2D eigenvalue weighted by Gasteiger charge is -2.21. The summed E-state index contributed by atoms with van der Waals surface area (Å²) in [4.78, 5) is 12.4. The molecule has 25 heavy (non-hydrogen) atoms. The number of thiol groups is 2. The molecule has 0 amide bonds. The molecule has 1 aromatic heterocycles. The molecule has 0 atom stereocenters. The molecule has 0 fully saturated rings. The summed E-state index contributed by atoms with van der Waals surface area (Å²) in [6.07, 6.45) is 0. The summed E-state index contributed by atoms with van der Waals surface area (Å²) < 4.78 is 0. The van der Waals surface area contributed by atoms with Gasteiger partial charge in [-0.15, -0.1) is 25.3 Å². The van der Waals surface area contributed by atoms with Gasteiger partial charge in [0, 0.05) is 27.9 Å². The van der Waals surface area contributed by atoms with Crippen molar-refractivity contribution >= 4 is 53.4 Å². The Bertz CT molecular complexity index is 890. The number of aryl methyl sites for hydroxylation is 1. The van der Waals surface area contributed by atoms with Crippen LogP contribution in [-0.2, 0) is 0 Å². The summed E-state index contributed by atoms with van der Waals surface area (Å²) in [6, 6.07) is 11.7. The second-order valence-electron chi connectivity index (χ2n) is 5.13. The molecule has 1 heterocycles. The van der Waals surface area contributed by atoms with E-state index >= 15 is 0 Å². The minimum Gasteiger partial charge on any atom is -0.333 e. The third-order valence-electron chi connectivity index (χ3n) is 3.58. The van der Waals surface area contributed by atoms with Crippen LogP contribution in [0.25, 0.3) is 10.9 Å². The van der Waals surface area contributed by atoms with E-state index in [2.05, 4.69) is 46.1 Å². The van der Waals surface area contributed by atoms with Crippen molar-refractivity contribution in [2.24, 2.45) is 10.8 Å². The molecule has 0 spiro atoms. The van der Waals surface area contributed by atoms with Gasteiger partial charge in [0.1, 0.15) is 11.6 Å². The zero-order valence-electron chi connectivity index (χ0n) is 14.3. The largest absolute Gasteiger partial charge is 0.333 e. The van der Waals surface area contributed by atoms with E-state index in [0.29, 0.717) is 15.5 Å². The van der Waals surface area contributed by atoms with E-state index in [4.69, 9.17) is 5.53 Å². The predicted molar refractivity (Wildman–Crippen MR) is 107 cm³/mol. The van der Waals surface area contributed by atoms with Gasteiger partial charge in [0.05, 0.1) is 5.52 Å². The van der Waals surface area contributed by atoms with Gasteiger partial charge in [0.2, 0.25) is 0 Å². The molecule has 0 bridgehead atoms. The van der Waals surface area contributed by atoms with Crippen molar-refractivity contribution in [1.82, 2.24) is 9.97 Å². The Kier molecular flexibility index (Phi) is 6.35. The van der Waals surface area contributed by atoms with Crippen LogP contribution in [0.4, 0.5) is 17.2 Å². The minimum atomic E-state index is 0.567. The van der Waals surface area contributed by atoms with Crippen LogP contribution >= 0.6 is 25.3 Å². The van der Waals surface area contributed by atoms with E-state index in [9.17, 15) is 0 Å². The van der Waals surface area contributed by atoms with E-state index in [1.54, 1.807) is 0 Å². The molecule has 0 radical (unpaired) electrons. The molecule has 3 rings (SSSR count). The van der Waals surface area contributed by atoms with Crippen LogP contribution in [0.3, 0.4) is 0 Å². The molecule has 2 aromatic carbocycles. The second kappa shape index (κ2) is 8.28. The van der Waals surface area contributed by atoms with Crippen LogP contribution in [0.15, 0.2) is 51.3 Å². The van der Waals surface area contributed by atoms with Crippen LogP contribution in [0.1, 0.15) is 5.82 Å². The van der Waals surface area contributed by atoms with E-state index in [1.807, 2.05) is 55.3 Å². The first kappa shape index (κ1) is 19.2. The third-order valence-corrected chi connectivity index (χ3v) is 4.27. The van der Waals surface area contributed by atoms with Crippen molar-refractivity contribution in [3.63, 3.8) is 0 Å². The van der Waals surface area contributed by atoms with Gasteiger partial charge in [-0.25, -0.2) is 9.97 Å². The molecule has 4 N–H and O–H groups in total. The first-order valence-corrected chi connectivity index (χ1v) is 8.42. The first-order chi connectivity index (χ1) is 12.0. The van der Waals surface area contributed by atoms with Crippen LogP contribution < -0.4 is 16.2 Å². The van der Waals surface area contributed by atoms with Gasteiger partial charge in [0.25, 0.3) is 0 Å². The van der Waals surface area contributed by atoms with Crippen LogP contribution in [0, 0.1) is 6.92 Å². The number of hydrogen-bond acceptors (Lipinski definition) is 7. The Labute approximate surface area is 157 Å². The fraction of sp³-hybridized carbons (Fsp3) is 0.176. The summed E-state index contributed by atoms with van der Waals surface area (Å²) in [5.41, 5.74) is 12.3. The zero-order valence-corrected chi connectivity index (χ0v) is 16.1. The Morgan fingerprint density at radius 3 is 2.28 bits per heavy atom. The molecule has 0 aliphatic rings. The Hall–Kier alpha value is -2.16. The molecule has 130 valence electrons. The second-order valence-corrected chi connectivity index (χ2v) is 6.10. The van der Waals surface area contributed by atoms with Crippen LogP contribution in [-0.4, -0.2) is 24.1 Å². The van der Waals surface area contributed by atoms with Crippen molar-refractivity contribution in [2.45, 2.75) is 16.7 Å². The van der Waals surface area contributed by atoms with Crippen LogP contribution in [0.2, 0.25) is 0 Å². The molecule has 0 saturated carbocycles. The normalized spacial score (nSPS) is 10.2. The summed E-state index contributed by atoms with van der Waals surface area (Å²) in [5.74, 6) is 1.54. The number of rotatable bonds is 3. The number of fused-ring (bicyclic) bond motifs is 1. The SMILES string of the molecule is CN.Cc1nc(N(C)c2cc(S)c(N=[NH2+])c(S)c2)c2ccccc2n1. The highest BCUT2D eigenvalue weighted by molar-refractivity contribution is 7.81. The lowest BCUT2D eigenvalue weighted by atomic mass is 10.2. The molecular weight excluding hydrogens is 352 g/mol. The molecule has 0 aliphatic carbocycles. The summed E-state index contributed by atoms with van der Waals surface area (Å²) in [6.45, 7) is 1.88. The number of anilines is 2. The number of nitrogens with two attached hydrogens (primary N) is 2. The topological polar surface area (TPSA) is 93.0 Å². The van der Waals surface area contributed by atoms with E-state index in [0.717, 1.165) is 28.2 Å². The number of hydrogen-bond donors (Lipinski definition) is 4. The van der Waals surface area contributed by atoms with E-state index < -0.39 is 0 Å². The summed E-state index contributed by atoms with van der Waals surface area (Å²) >= 11 is 8.87. The number of nitrogens with zero attached hydrogens (tertiary/aromatic N) is 4. The quantitative estimate of drug-likeness (QED) is 0.419. The Morgan fingerprint density at radius 2 is 1.68 bits per heavy atom. The fourth-order valence-corrected chi connectivity index (χ4v) is 3.18. The highest BCUT2D eigenvalue weighted by Gasteiger charge is 2.15. The lowest BCUT2D eigenvalue weighted by Crippen LogP contribution is -2.22. The van der Waals surface area contributed by atoms with E-state index in [-0.39, 0.29) is 0 Å². The van der Waals surface area contributed by atoms with Crippen LogP contribution in [0.5, 0.6) is 0 Å². The Balaban J connectivity index is 0.00000109. The zero-order chi connectivity index (χ0) is 18.6. The van der Waals surface area contributed by atoms with Gasteiger partial charge in [0.15, 0.2) is 5.69 Å². The van der Waals surface area contributed by atoms with Crippen molar-refractivity contribution in [3.05, 3.63) is 42.2 Å². The standard InChI is InChI=1S/C16H15N5S2.CH5N/c1-9-18-12-6-4-3-5-11(12)16(19-9)21(2)10-7-13(22)15(20-17)14(23)8-10;1-2/h3-8,17,22-23H,1-2H3;2H2,1H3/p+1. The van der Waals surface area contributed by atoms with Crippen molar-refractivity contribution in [3.8, 4) is 0 Å². The molecule has 0 aliphatic heterocycles. The minimum absolute atomic E-state index is 0.567. The highest BCUT2D eigenvalue weighted by Crippen LogP contribution is 2.37. The van der Waals surface area contributed by atoms with Crippen molar-refractivity contribution in [2.75, 3.05) is 19.0 Å². The lowest BCUT2D eigenvalue weighted by molar-refractivity contribution is -0.211. The molecule has 0 unspecified atom stereocenters. The van der Waals surface area contributed by atoms with Gasteiger partial charge in [-0.2, -0.15) is 5.53 Å². The fourth-order valence-electron chi connectivity index (χ4n) is 2.47. The van der Waals surface area contributed by atoms with Gasteiger partial charge < -0.3 is 10.6 Å². The Morgan fingerprint density at radius 1 is 1.08 bits per heavy atom. The van der Waals surface area contributed by atoms with E-state index in [1.165, 1.54) is 7.05 Å².